The summed E-state index contributed by atoms with van der Waals surface area (Å²) in [6, 6.07) is 4.39. The van der Waals surface area contributed by atoms with E-state index in [2.05, 4.69) is 0 Å². The van der Waals surface area contributed by atoms with Crippen molar-refractivity contribution in [1.82, 2.24) is 9.62 Å². The number of halogens is 3. The third-order valence-corrected chi connectivity index (χ3v) is 7.16. The Morgan fingerprint density at radius 3 is 2.45 bits per heavy atom. The van der Waals surface area contributed by atoms with Crippen LogP contribution in [-0.4, -0.2) is 69.7 Å². The summed E-state index contributed by atoms with van der Waals surface area (Å²) in [6.07, 6.45) is -4.99. The van der Waals surface area contributed by atoms with E-state index in [-0.39, 0.29) is 30.8 Å². The molecule has 2 aliphatic rings. The minimum atomic E-state index is -4.58. The lowest BCUT2D eigenvalue weighted by atomic mass is 9.98. The summed E-state index contributed by atoms with van der Waals surface area (Å²) in [7, 11) is -3.84. The number of nitrogens with zero attached hydrogens (tertiary/aromatic N) is 1. The number of carbonyl (C=O) groups excluding carboxylic acids is 2. The lowest BCUT2D eigenvalue weighted by Crippen LogP contribution is -2.43. The highest BCUT2D eigenvalue weighted by molar-refractivity contribution is 7.89. The SMILES string of the molecule is CC(OC(=O)C1CCN(S(=O)(=O)c2ccc3c(c2)OCCCO3)CC1)C(=O)NCC(F)(F)F. The Bertz CT molecular complexity index is 976. The summed E-state index contributed by atoms with van der Waals surface area (Å²) < 4.78 is 79.9. The van der Waals surface area contributed by atoms with Crippen molar-refractivity contribution >= 4 is 21.9 Å². The van der Waals surface area contributed by atoms with Gasteiger partial charge in [-0.1, -0.05) is 0 Å². The molecule has 1 N–H and O–H groups in total. The van der Waals surface area contributed by atoms with Crippen molar-refractivity contribution in [2.75, 3.05) is 32.8 Å². The summed E-state index contributed by atoms with van der Waals surface area (Å²) in [5.74, 6) is -1.66. The van der Waals surface area contributed by atoms with Crippen LogP contribution in [0, 0.1) is 5.92 Å². The monoisotopic (exact) mass is 494 g/mol. The maximum Gasteiger partial charge on any atom is 0.405 e. The van der Waals surface area contributed by atoms with Crippen molar-refractivity contribution in [2.24, 2.45) is 5.92 Å². The number of rotatable bonds is 6. The molecule has 0 saturated carbocycles. The molecule has 9 nitrogen and oxygen atoms in total. The first-order valence-electron chi connectivity index (χ1n) is 10.4. The van der Waals surface area contributed by atoms with Gasteiger partial charge in [-0.2, -0.15) is 17.5 Å². The van der Waals surface area contributed by atoms with Gasteiger partial charge >= 0.3 is 12.1 Å². The Morgan fingerprint density at radius 2 is 1.82 bits per heavy atom. The van der Waals surface area contributed by atoms with E-state index in [4.69, 9.17) is 14.2 Å². The van der Waals surface area contributed by atoms with E-state index in [9.17, 15) is 31.2 Å². The van der Waals surface area contributed by atoms with E-state index >= 15 is 0 Å². The first kappa shape index (κ1) is 25.1. The number of benzene rings is 1. The molecule has 1 fully saturated rings. The molecule has 1 atom stereocenters. The third-order valence-electron chi connectivity index (χ3n) is 5.27. The zero-order valence-electron chi connectivity index (χ0n) is 17.9. The number of piperidine rings is 1. The molecule has 2 aliphatic heterocycles. The predicted molar refractivity (Wildman–Crippen MR) is 108 cm³/mol. The molecule has 1 aromatic carbocycles. The van der Waals surface area contributed by atoms with Gasteiger partial charge in [0, 0.05) is 25.6 Å². The lowest BCUT2D eigenvalue weighted by molar-refractivity contribution is -0.161. The van der Waals surface area contributed by atoms with Crippen LogP contribution >= 0.6 is 0 Å². The molecule has 1 unspecified atom stereocenters. The normalized spacial score (nSPS) is 18.8. The number of amides is 1. The van der Waals surface area contributed by atoms with Gasteiger partial charge < -0.3 is 19.5 Å². The summed E-state index contributed by atoms with van der Waals surface area (Å²) in [6.45, 7) is 0.634. The summed E-state index contributed by atoms with van der Waals surface area (Å²) in [4.78, 5) is 24.0. The van der Waals surface area contributed by atoms with Gasteiger partial charge in [0.2, 0.25) is 10.0 Å². The Labute approximate surface area is 189 Å². The quantitative estimate of drug-likeness (QED) is 0.601. The zero-order chi connectivity index (χ0) is 24.2. The Kier molecular flexibility index (Phi) is 7.73. The number of carbonyl (C=O) groups is 2. The average Bonchev–Trinajstić information content (AvgIpc) is 3.01. The maximum atomic E-state index is 13.0. The fourth-order valence-electron chi connectivity index (χ4n) is 3.44. The smallest absolute Gasteiger partial charge is 0.405 e. The van der Waals surface area contributed by atoms with E-state index in [1.807, 2.05) is 0 Å². The van der Waals surface area contributed by atoms with Crippen LogP contribution in [0.15, 0.2) is 23.1 Å². The van der Waals surface area contributed by atoms with Crippen LogP contribution in [0.1, 0.15) is 26.2 Å². The highest BCUT2D eigenvalue weighted by Crippen LogP contribution is 2.34. The van der Waals surface area contributed by atoms with Gasteiger partial charge in [-0.3, -0.25) is 9.59 Å². The molecular formula is C20H25F3N2O7S. The van der Waals surface area contributed by atoms with E-state index in [0.29, 0.717) is 31.1 Å². The topological polar surface area (TPSA) is 111 Å². The second-order valence-electron chi connectivity index (χ2n) is 7.75. The van der Waals surface area contributed by atoms with Gasteiger partial charge in [0.25, 0.3) is 5.91 Å². The van der Waals surface area contributed by atoms with E-state index in [1.54, 1.807) is 11.4 Å². The minimum Gasteiger partial charge on any atom is -0.490 e. The van der Waals surface area contributed by atoms with Gasteiger partial charge in [0.1, 0.15) is 6.54 Å². The molecule has 2 heterocycles. The van der Waals surface area contributed by atoms with Crippen LogP contribution < -0.4 is 14.8 Å². The molecule has 33 heavy (non-hydrogen) atoms. The summed E-state index contributed by atoms with van der Waals surface area (Å²) in [5, 5.41) is 1.65. The molecule has 0 radical (unpaired) electrons. The number of hydrogen-bond donors (Lipinski definition) is 1. The molecule has 13 heteroatoms. The second kappa shape index (κ2) is 10.2. The molecule has 0 bridgehead atoms. The standard InChI is InChI=1S/C20H25F3N2O7S/c1-13(18(26)24-12-20(21,22)23)32-19(27)14-5-7-25(8-6-14)33(28,29)15-3-4-16-17(11-15)31-10-2-9-30-16/h3-4,11,13-14H,2,5-10,12H2,1H3,(H,24,26). The number of ether oxygens (including phenoxy) is 3. The first-order valence-corrected chi connectivity index (χ1v) is 11.9. The van der Waals surface area contributed by atoms with E-state index in [1.165, 1.54) is 23.4 Å². The van der Waals surface area contributed by atoms with Crippen molar-refractivity contribution in [2.45, 2.75) is 43.4 Å². The lowest BCUT2D eigenvalue weighted by Gasteiger charge is -2.30. The van der Waals surface area contributed by atoms with Crippen molar-refractivity contribution in [3.8, 4) is 11.5 Å². The average molecular weight is 494 g/mol. The second-order valence-corrected chi connectivity index (χ2v) is 9.69. The van der Waals surface area contributed by atoms with Crippen molar-refractivity contribution < 1.29 is 45.4 Å². The van der Waals surface area contributed by atoms with Crippen LogP contribution in [-0.2, 0) is 24.3 Å². The molecule has 0 spiro atoms. The first-order chi connectivity index (χ1) is 15.5. The van der Waals surface area contributed by atoms with Crippen molar-refractivity contribution in [3.05, 3.63) is 18.2 Å². The minimum absolute atomic E-state index is 0.0442. The summed E-state index contributed by atoms with van der Waals surface area (Å²) in [5.41, 5.74) is 0. The highest BCUT2D eigenvalue weighted by Gasteiger charge is 2.35. The molecule has 1 aromatic rings. The number of esters is 1. The number of alkyl halides is 3. The molecule has 3 rings (SSSR count). The number of nitrogens with one attached hydrogen (secondary N) is 1. The van der Waals surface area contributed by atoms with Crippen molar-refractivity contribution in [3.63, 3.8) is 0 Å². The number of sulfonamides is 1. The molecule has 1 saturated heterocycles. The Morgan fingerprint density at radius 1 is 1.18 bits per heavy atom. The fourth-order valence-corrected chi connectivity index (χ4v) is 4.93. The fraction of sp³-hybridized carbons (Fsp3) is 0.600. The van der Waals surface area contributed by atoms with Crippen LogP contribution in [0.4, 0.5) is 13.2 Å². The van der Waals surface area contributed by atoms with Gasteiger partial charge in [0.15, 0.2) is 17.6 Å². The van der Waals surface area contributed by atoms with Crippen LogP contribution in [0.25, 0.3) is 0 Å². The Hall–Kier alpha value is -2.54. The molecular weight excluding hydrogens is 469 g/mol. The highest BCUT2D eigenvalue weighted by atomic mass is 32.2. The molecule has 0 aliphatic carbocycles. The van der Waals surface area contributed by atoms with Gasteiger partial charge in [0.05, 0.1) is 24.0 Å². The van der Waals surface area contributed by atoms with Crippen LogP contribution in [0.2, 0.25) is 0 Å². The molecule has 0 aromatic heterocycles. The van der Waals surface area contributed by atoms with Crippen molar-refractivity contribution in [1.29, 1.82) is 0 Å². The van der Waals surface area contributed by atoms with Gasteiger partial charge in [-0.15, -0.1) is 0 Å². The number of fused-ring (bicyclic) bond motifs is 1. The third kappa shape index (κ3) is 6.50. The Balaban J connectivity index is 1.55. The molecule has 184 valence electrons. The van der Waals surface area contributed by atoms with Crippen LogP contribution in [0.3, 0.4) is 0 Å². The van der Waals surface area contributed by atoms with Crippen LogP contribution in [0.5, 0.6) is 11.5 Å². The maximum absolute atomic E-state index is 13.0. The van der Waals surface area contributed by atoms with E-state index < -0.39 is 46.6 Å². The van der Waals surface area contributed by atoms with Gasteiger partial charge in [-0.05, 0) is 31.9 Å². The summed E-state index contributed by atoms with van der Waals surface area (Å²) >= 11 is 0. The predicted octanol–water partition coefficient (Wildman–Crippen LogP) is 1.86. The van der Waals surface area contributed by atoms with Gasteiger partial charge in [-0.25, -0.2) is 8.42 Å². The zero-order valence-corrected chi connectivity index (χ0v) is 18.7. The largest absolute Gasteiger partial charge is 0.490 e. The van der Waals surface area contributed by atoms with E-state index in [0.717, 1.165) is 0 Å². The molecule has 1 amide bonds. The number of hydrogen-bond acceptors (Lipinski definition) is 7.